The summed E-state index contributed by atoms with van der Waals surface area (Å²) >= 11 is 0. The molecule has 0 aliphatic rings. The molecular formula is C32H49N3O4. The molecule has 2 aromatic rings. The van der Waals surface area contributed by atoms with E-state index in [0.717, 1.165) is 41.8 Å². The maximum atomic E-state index is 13.2. The van der Waals surface area contributed by atoms with E-state index in [1.54, 1.807) is 24.1 Å². The van der Waals surface area contributed by atoms with E-state index in [1.807, 2.05) is 57.4 Å². The molecule has 216 valence electrons. The van der Waals surface area contributed by atoms with Gasteiger partial charge in [0.1, 0.15) is 12.5 Å². The van der Waals surface area contributed by atoms with Crippen LogP contribution in [0, 0.1) is 0 Å². The Morgan fingerprint density at radius 3 is 2.08 bits per heavy atom. The number of unbranched alkanes of at least 4 members (excludes halogenated alkanes) is 6. The van der Waals surface area contributed by atoms with Crippen molar-refractivity contribution in [2.24, 2.45) is 0 Å². The first-order chi connectivity index (χ1) is 18.7. The number of esters is 1. The number of hydrogen-bond donors (Lipinski definition) is 0. The van der Waals surface area contributed by atoms with E-state index in [0.29, 0.717) is 25.1 Å². The third-order valence-electron chi connectivity index (χ3n) is 6.69. The quantitative estimate of drug-likeness (QED) is 0.130. The molecule has 2 aromatic carbocycles. The zero-order valence-electron chi connectivity index (χ0n) is 25.0. The van der Waals surface area contributed by atoms with Gasteiger partial charge in [0.15, 0.2) is 0 Å². The number of hydrogen-bond acceptors (Lipinski definition) is 6. The van der Waals surface area contributed by atoms with E-state index >= 15 is 0 Å². The molecule has 0 aromatic heterocycles. The average molecular weight is 540 g/mol. The molecule has 7 heteroatoms. The van der Waals surface area contributed by atoms with Crippen LogP contribution in [0.25, 0.3) is 11.1 Å². The Morgan fingerprint density at radius 1 is 0.795 bits per heavy atom. The maximum absolute atomic E-state index is 13.2. The number of ether oxygens (including phenoxy) is 2. The fourth-order valence-electron chi connectivity index (χ4n) is 4.36. The van der Waals surface area contributed by atoms with E-state index < -0.39 is 0 Å². The van der Waals surface area contributed by atoms with Crippen LogP contribution in [-0.4, -0.2) is 81.7 Å². The van der Waals surface area contributed by atoms with Crippen LogP contribution < -0.4 is 4.74 Å². The summed E-state index contributed by atoms with van der Waals surface area (Å²) in [5.74, 6) is 0.603. The minimum Gasteiger partial charge on any atom is -0.496 e. The number of likely N-dealkylation sites (N-methyl/N-ethyl adjacent to an activating group) is 1. The van der Waals surface area contributed by atoms with Crippen molar-refractivity contribution in [1.82, 2.24) is 14.7 Å². The molecule has 0 bridgehead atoms. The van der Waals surface area contributed by atoms with Crippen molar-refractivity contribution in [1.29, 1.82) is 0 Å². The molecule has 0 unspecified atom stereocenters. The van der Waals surface area contributed by atoms with E-state index in [2.05, 4.69) is 17.9 Å². The largest absolute Gasteiger partial charge is 0.496 e. The highest BCUT2D eigenvalue weighted by Gasteiger charge is 2.16. The lowest BCUT2D eigenvalue weighted by Gasteiger charge is -2.25. The van der Waals surface area contributed by atoms with Crippen molar-refractivity contribution in [3.05, 3.63) is 53.6 Å². The predicted molar refractivity (Wildman–Crippen MR) is 159 cm³/mol. The summed E-state index contributed by atoms with van der Waals surface area (Å²) in [4.78, 5) is 31.4. The molecule has 0 saturated heterocycles. The normalized spacial score (nSPS) is 11.2. The van der Waals surface area contributed by atoms with Crippen molar-refractivity contribution in [2.75, 3.05) is 55.1 Å². The highest BCUT2D eigenvalue weighted by molar-refractivity contribution is 5.90. The number of methoxy groups -OCH3 is 1. The van der Waals surface area contributed by atoms with Crippen LogP contribution in [0.5, 0.6) is 5.75 Å². The van der Waals surface area contributed by atoms with E-state index in [1.165, 1.54) is 32.1 Å². The molecule has 0 heterocycles. The topological polar surface area (TPSA) is 62.3 Å². The number of benzene rings is 2. The molecule has 0 N–H and O–H groups in total. The van der Waals surface area contributed by atoms with Crippen molar-refractivity contribution in [3.63, 3.8) is 0 Å². The van der Waals surface area contributed by atoms with Gasteiger partial charge in [-0.1, -0.05) is 63.6 Å². The van der Waals surface area contributed by atoms with Crippen molar-refractivity contribution < 1.29 is 19.1 Å². The molecule has 2 rings (SSSR count). The van der Waals surface area contributed by atoms with Crippen LogP contribution in [0.3, 0.4) is 0 Å². The second-order valence-corrected chi connectivity index (χ2v) is 10.7. The lowest BCUT2D eigenvalue weighted by molar-refractivity contribution is -0.132. The number of rotatable bonds is 18. The Hall–Kier alpha value is -2.90. The molecule has 0 spiro atoms. The summed E-state index contributed by atoms with van der Waals surface area (Å²) in [6.45, 7) is 4.52. The van der Waals surface area contributed by atoms with Gasteiger partial charge in [-0.05, 0) is 70.0 Å². The number of carbonyl (C=O) groups excluding carboxylic acids is 2. The van der Waals surface area contributed by atoms with Crippen molar-refractivity contribution in [3.8, 4) is 16.9 Å². The van der Waals surface area contributed by atoms with Gasteiger partial charge in [0.25, 0.3) is 0 Å². The van der Waals surface area contributed by atoms with Crippen molar-refractivity contribution in [2.45, 2.75) is 64.8 Å². The zero-order chi connectivity index (χ0) is 28.6. The third-order valence-corrected chi connectivity index (χ3v) is 6.69. The first-order valence-corrected chi connectivity index (χ1v) is 14.3. The molecule has 0 atom stereocenters. The first kappa shape index (κ1) is 32.3. The maximum Gasteiger partial charge on any atom is 0.339 e. The van der Waals surface area contributed by atoms with Crippen LogP contribution in [0.2, 0.25) is 0 Å². The first-order valence-electron chi connectivity index (χ1n) is 14.3. The van der Waals surface area contributed by atoms with Crippen LogP contribution in [0.1, 0.15) is 74.2 Å². The summed E-state index contributed by atoms with van der Waals surface area (Å²) in [5, 5.41) is 0. The van der Waals surface area contributed by atoms with Gasteiger partial charge in [-0.3, -0.25) is 9.69 Å². The van der Waals surface area contributed by atoms with E-state index in [-0.39, 0.29) is 18.6 Å². The molecule has 7 nitrogen and oxygen atoms in total. The molecule has 39 heavy (non-hydrogen) atoms. The minimum absolute atomic E-state index is 0.211. The van der Waals surface area contributed by atoms with Crippen LogP contribution in [0.4, 0.5) is 0 Å². The van der Waals surface area contributed by atoms with Gasteiger partial charge in [-0.25, -0.2) is 4.79 Å². The van der Waals surface area contributed by atoms with Crippen LogP contribution in [-0.2, 0) is 16.1 Å². The molecular weight excluding hydrogens is 490 g/mol. The minimum atomic E-state index is -0.355. The van der Waals surface area contributed by atoms with Gasteiger partial charge >= 0.3 is 5.97 Å². The van der Waals surface area contributed by atoms with E-state index in [9.17, 15) is 9.59 Å². The van der Waals surface area contributed by atoms with Crippen molar-refractivity contribution >= 4 is 11.9 Å². The van der Waals surface area contributed by atoms with Crippen LogP contribution in [0.15, 0.2) is 42.5 Å². The third kappa shape index (κ3) is 11.8. The van der Waals surface area contributed by atoms with Gasteiger partial charge in [0.2, 0.25) is 5.91 Å². The Kier molecular flexibility index (Phi) is 14.6. The van der Waals surface area contributed by atoms with Gasteiger partial charge in [-0.15, -0.1) is 0 Å². The lowest BCUT2D eigenvalue weighted by atomic mass is 10.00. The van der Waals surface area contributed by atoms with Gasteiger partial charge in [0, 0.05) is 31.6 Å². The van der Waals surface area contributed by atoms with Crippen LogP contribution >= 0.6 is 0 Å². The number of amides is 1. The zero-order valence-corrected chi connectivity index (χ0v) is 25.0. The summed E-state index contributed by atoms with van der Waals surface area (Å²) in [6, 6.07) is 13.4. The second-order valence-electron chi connectivity index (χ2n) is 10.7. The fraction of sp³-hybridized carbons (Fsp3) is 0.562. The summed E-state index contributed by atoms with van der Waals surface area (Å²) in [5.41, 5.74) is 3.41. The van der Waals surface area contributed by atoms with E-state index in [4.69, 9.17) is 9.47 Å². The summed E-state index contributed by atoms with van der Waals surface area (Å²) < 4.78 is 10.9. The summed E-state index contributed by atoms with van der Waals surface area (Å²) in [7, 11) is 9.41. The van der Waals surface area contributed by atoms with Gasteiger partial charge < -0.3 is 19.3 Å². The second kappa shape index (κ2) is 17.6. The molecule has 0 saturated carbocycles. The Bertz CT molecular complexity index is 1000. The van der Waals surface area contributed by atoms with Gasteiger partial charge in [-0.2, -0.15) is 0 Å². The molecule has 0 aliphatic heterocycles. The molecule has 0 radical (unpaired) electrons. The Labute approximate surface area is 236 Å². The number of nitrogens with zero attached hydrogens (tertiary/aromatic N) is 3. The standard InChI is InChI=1S/C32H49N3O4/c1-7-8-9-10-11-12-13-14-31(36)35(22-21-33(2)3)24-26-15-20-30(38-6)29(23-26)27-16-18-28(19-17-27)32(37)39-25-34(4)5/h15-20,23H,7-14,21-22,24-25H2,1-6H3. The average Bonchev–Trinajstić information content (AvgIpc) is 2.93. The highest BCUT2D eigenvalue weighted by atomic mass is 16.5. The number of carbonyl (C=O) groups is 2. The Morgan fingerprint density at radius 2 is 1.46 bits per heavy atom. The molecule has 0 aliphatic carbocycles. The SMILES string of the molecule is CCCCCCCCCC(=O)N(CCN(C)C)Cc1ccc(OC)c(-c2ccc(C(=O)OCN(C)C)cc2)c1. The smallest absolute Gasteiger partial charge is 0.339 e. The monoisotopic (exact) mass is 539 g/mol. The van der Waals surface area contributed by atoms with Gasteiger partial charge in [0.05, 0.1) is 12.7 Å². The highest BCUT2D eigenvalue weighted by Crippen LogP contribution is 2.32. The lowest BCUT2D eigenvalue weighted by Crippen LogP contribution is -2.36. The molecule has 0 fully saturated rings. The molecule has 1 amide bonds. The summed E-state index contributed by atoms with van der Waals surface area (Å²) in [6.07, 6.45) is 8.97. The Balaban J connectivity index is 2.12. The fourth-order valence-corrected chi connectivity index (χ4v) is 4.36. The predicted octanol–water partition coefficient (Wildman–Crippen LogP) is 6.07.